The molecule has 2 aromatic rings. The van der Waals surface area contributed by atoms with E-state index in [0.717, 1.165) is 10.9 Å². The number of hydrogen-bond donors (Lipinski definition) is 0. The van der Waals surface area contributed by atoms with Crippen molar-refractivity contribution < 1.29 is 9.59 Å². The minimum absolute atomic E-state index is 0.429. The van der Waals surface area contributed by atoms with Crippen LogP contribution in [0.4, 0.5) is 0 Å². The molecule has 0 aliphatic heterocycles. The Hall–Kier alpha value is -2.10. The normalized spacial score (nSPS) is 10.7. The summed E-state index contributed by atoms with van der Waals surface area (Å²) in [5.74, 6) is -0.859. The van der Waals surface area contributed by atoms with Gasteiger partial charge in [-0.2, -0.15) is 0 Å². The van der Waals surface area contributed by atoms with E-state index in [9.17, 15) is 9.59 Å². The number of carbonyl (C=O) groups excluding carboxylic acids is 2. The van der Waals surface area contributed by atoms with Crippen LogP contribution in [-0.4, -0.2) is 34.2 Å². The van der Waals surface area contributed by atoms with Gasteiger partial charge < -0.3 is 9.47 Å². The molecule has 100 valence electrons. The van der Waals surface area contributed by atoms with Crippen LogP contribution in [0.2, 0.25) is 0 Å². The van der Waals surface area contributed by atoms with Crippen molar-refractivity contribution in [1.29, 1.82) is 0 Å². The number of para-hydroxylation sites is 1. The number of Topliss-reactive ketones (excluding diaryl/α,β-unsaturated/α-hetero) is 1. The van der Waals surface area contributed by atoms with Crippen LogP contribution in [0.1, 0.15) is 24.2 Å². The van der Waals surface area contributed by atoms with E-state index in [1.54, 1.807) is 11.1 Å². The summed E-state index contributed by atoms with van der Waals surface area (Å²) < 4.78 is 1.87. The smallest absolute Gasteiger partial charge is 0.295 e. The number of amides is 1. The first-order valence-electron chi connectivity index (χ1n) is 6.47. The number of benzene rings is 1. The molecule has 0 unspecified atom stereocenters. The van der Waals surface area contributed by atoms with Crippen molar-refractivity contribution in [3.8, 4) is 0 Å². The molecule has 19 heavy (non-hydrogen) atoms. The van der Waals surface area contributed by atoms with Gasteiger partial charge in [0.2, 0.25) is 0 Å². The highest BCUT2D eigenvalue weighted by Gasteiger charge is 2.24. The van der Waals surface area contributed by atoms with E-state index in [-0.39, 0.29) is 0 Å². The molecule has 1 heterocycles. The Balaban J connectivity index is 2.45. The van der Waals surface area contributed by atoms with Gasteiger partial charge in [0, 0.05) is 37.2 Å². The second kappa shape index (κ2) is 5.26. The molecule has 0 fully saturated rings. The number of likely N-dealkylation sites (N-methyl/N-ethyl adjacent to an activating group) is 1. The fraction of sp³-hybridized carbons (Fsp3) is 0.333. The van der Waals surface area contributed by atoms with Crippen LogP contribution in [0.3, 0.4) is 0 Å². The number of hydrogen-bond acceptors (Lipinski definition) is 2. The second-order valence-electron chi connectivity index (χ2n) is 4.48. The first-order valence-corrected chi connectivity index (χ1v) is 6.47. The fourth-order valence-corrected chi connectivity index (χ4v) is 2.29. The zero-order valence-corrected chi connectivity index (χ0v) is 11.5. The van der Waals surface area contributed by atoms with Crippen LogP contribution < -0.4 is 0 Å². The van der Waals surface area contributed by atoms with Crippen molar-refractivity contribution in [3.63, 3.8) is 0 Å². The first kappa shape index (κ1) is 13.3. The SMILES string of the molecule is CCN(CC)C(=O)C(=O)c1cn(C)c2ccccc12. The number of carbonyl (C=O) groups is 2. The molecule has 4 heteroatoms. The Labute approximate surface area is 112 Å². The lowest BCUT2D eigenvalue weighted by Crippen LogP contribution is -2.36. The molecule has 1 aromatic carbocycles. The van der Waals surface area contributed by atoms with Gasteiger partial charge in [0.1, 0.15) is 0 Å². The molecule has 4 nitrogen and oxygen atoms in total. The van der Waals surface area contributed by atoms with Gasteiger partial charge in [0.15, 0.2) is 0 Å². The highest BCUT2D eigenvalue weighted by atomic mass is 16.2. The van der Waals surface area contributed by atoms with E-state index in [2.05, 4.69) is 0 Å². The highest BCUT2D eigenvalue weighted by Crippen LogP contribution is 2.21. The molecule has 0 atom stereocenters. The van der Waals surface area contributed by atoms with Gasteiger partial charge in [-0.25, -0.2) is 0 Å². The van der Waals surface area contributed by atoms with Crippen molar-refractivity contribution in [2.45, 2.75) is 13.8 Å². The van der Waals surface area contributed by atoms with Gasteiger partial charge in [0.25, 0.3) is 11.7 Å². The largest absolute Gasteiger partial charge is 0.350 e. The Morgan fingerprint density at radius 3 is 2.42 bits per heavy atom. The van der Waals surface area contributed by atoms with E-state index in [1.807, 2.05) is 49.7 Å². The third-order valence-electron chi connectivity index (χ3n) is 3.39. The van der Waals surface area contributed by atoms with E-state index in [4.69, 9.17) is 0 Å². The van der Waals surface area contributed by atoms with Gasteiger partial charge in [-0.1, -0.05) is 18.2 Å². The number of rotatable bonds is 4. The number of fused-ring (bicyclic) bond motifs is 1. The molecule has 1 aromatic heterocycles. The molecule has 0 aliphatic rings. The maximum Gasteiger partial charge on any atom is 0.295 e. The quantitative estimate of drug-likeness (QED) is 0.623. The topological polar surface area (TPSA) is 42.3 Å². The highest BCUT2D eigenvalue weighted by molar-refractivity contribution is 6.44. The predicted octanol–water partition coefficient (Wildman–Crippen LogP) is 2.23. The third-order valence-corrected chi connectivity index (χ3v) is 3.39. The Bertz CT molecular complexity index is 624. The van der Waals surface area contributed by atoms with Crippen molar-refractivity contribution in [3.05, 3.63) is 36.0 Å². The maximum absolute atomic E-state index is 12.3. The zero-order valence-electron chi connectivity index (χ0n) is 11.5. The minimum atomic E-state index is -0.430. The van der Waals surface area contributed by atoms with E-state index in [1.165, 1.54) is 0 Å². The van der Waals surface area contributed by atoms with Crippen LogP contribution in [0.25, 0.3) is 10.9 Å². The molecule has 2 rings (SSSR count). The molecule has 1 amide bonds. The average Bonchev–Trinajstić information content (AvgIpc) is 2.77. The lowest BCUT2D eigenvalue weighted by atomic mass is 10.1. The first-order chi connectivity index (χ1) is 9.10. The summed E-state index contributed by atoms with van der Waals surface area (Å²) >= 11 is 0. The maximum atomic E-state index is 12.3. The summed E-state index contributed by atoms with van der Waals surface area (Å²) in [6.45, 7) is 4.84. The number of nitrogens with zero attached hydrogens (tertiary/aromatic N) is 2. The van der Waals surface area contributed by atoms with Gasteiger partial charge in [0.05, 0.1) is 5.56 Å². The van der Waals surface area contributed by atoms with Crippen LogP contribution in [-0.2, 0) is 11.8 Å². The Morgan fingerprint density at radius 1 is 1.16 bits per heavy atom. The molecular weight excluding hydrogens is 240 g/mol. The molecular formula is C15H18N2O2. The van der Waals surface area contributed by atoms with E-state index in [0.29, 0.717) is 18.7 Å². The van der Waals surface area contributed by atoms with Crippen molar-refractivity contribution >= 4 is 22.6 Å². The van der Waals surface area contributed by atoms with Gasteiger partial charge >= 0.3 is 0 Å². The van der Waals surface area contributed by atoms with Crippen LogP contribution in [0.5, 0.6) is 0 Å². The molecule has 0 aliphatic carbocycles. The summed E-state index contributed by atoms with van der Waals surface area (Å²) in [5.41, 5.74) is 1.44. The molecule has 0 N–H and O–H groups in total. The zero-order chi connectivity index (χ0) is 14.0. The molecule has 0 saturated carbocycles. The minimum Gasteiger partial charge on any atom is -0.350 e. The van der Waals surface area contributed by atoms with Crippen LogP contribution >= 0.6 is 0 Å². The summed E-state index contributed by atoms with van der Waals surface area (Å²) in [7, 11) is 1.88. The average molecular weight is 258 g/mol. The standard InChI is InChI=1S/C15H18N2O2/c1-4-17(5-2)15(19)14(18)12-10-16(3)13-9-7-6-8-11(12)13/h6-10H,4-5H2,1-3H3. The van der Waals surface area contributed by atoms with E-state index >= 15 is 0 Å². The number of aromatic nitrogens is 1. The van der Waals surface area contributed by atoms with Crippen molar-refractivity contribution in [1.82, 2.24) is 9.47 Å². The van der Waals surface area contributed by atoms with Crippen molar-refractivity contribution in [2.75, 3.05) is 13.1 Å². The lowest BCUT2D eigenvalue weighted by Gasteiger charge is -2.17. The molecule has 0 radical (unpaired) electrons. The van der Waals surface area contributed by atoms with Crippen LogP contribution in [0.15, 0.2) is 30.5 Å². The van der Waals surface area contributed by atoms with Gasteiger partial charge in [-0.3, -0.25) is 9.59 Å². The monoisotopic (exact) mass is 258 g/mol. The van der Waals surface area contributed by atoms with Crippen molar-refractivity contribution in [2.24, 2.45) is 7.05 Å². The predicted molar refractivity (Wildman–Crippen MR) is 75.2 cm³/mol. The molecule has 0 spiro atoms. The number of ketones is 1. The summed E-state index contributed by atoms with van der Waals surface area (Å²) in [4.78, 5) is 26.0. The summed E-state index contributed by atoms with van der Waals surface area (Å²) in [6.07, 6.45) is 1.73. The van der Waals surface area contributed by atoms with Crippen LogP contribution in [0, 0.1) is 0 Å². The van der Waals surface area contributed by atoms with Gasteiger partial charge in [-0.15, -0.1) is 0 Å². The third kappa shape index (κ3) is 2.26. The Kier molecular flexibility index (Phi) is 3.69. The fourth-order valence-electron chi connectivity index (χ4n) is 2.29. The second-order valence-corrected chi connectivity index (χ2v) is 4.48. The summed E-state index contributed by atoms with van der Waals surface area (Å²) in [6, 6.07) is 7.61. The lowest BCUT2D eigenvalue weighted by molar-refractivity contribution is -0.126. The number of aryl methyl sites for hydroxylation is 1. The summed E-state index contributed by atoms with van der Waals surface area (Å²) in [5, 5.41) is 0.829. The Morgan fingerprint density at radius 2 is 1.79 bits per heavy atom. The van der Waals surface area contributed by atoms with Gasteiger partial charge in [-0.05, 0) is 19.9 Å². The van der Waals surface area contributed by atoms with E-state index < -0.39 is 11.7 Å². The molecule has 0 saturated heterocycles. The molecule has 0 bridgehead atoms.